The molecular weight excluding hydrogens is 440 g/mol. The maximum Gasteiger partial charge on any atom is 0.216 e. The van der Waals surface area contributed by atoms with Crippen LogP contribution in [0.3, 0.4) is 0 Å². The SMILES string of the molecule is Cc1cc2c(oc3c(-c4cccc[n+]4C)c(C)ccc32)c(-c2ccc(C3CCCCC3)cc2)c1C#N. The Balaban J connectivity index is 1.60. The number of furan rings is 1. The van der Waals surface area contributed by atoms with Gasteiger partial charge in [0.25, 0.3) is 0 Å². The molecule has 0 spiro atoms. The molecule has 1 aliphatic carbocycles. The van der Waals surface area contributed by atoms with Gasteiger partial charge in [0.2, 0.25) is 5.69 Å². The van der Waals surface area contributed by atoms with Gasteiger partial charge in [-0.1, -0.05) is 55.7 Å². The molecule has 1 saturated carbocycles. The number of rotatable bonds is 3. The highest BCUT2D eigenvalue weighted by Gasteiger charge is 2.24. The molecule has 3 aromatic carbocycles. The van der Waals surface area contributed by atoms with Gasteiger partial charge in [-0.25, -0.2) is 4.57 Å². The van der Waals surface area contributed by atoms with Crippen LogP contribution in [-0.4, -0.2) is 0 Å². The summed E-state index contributed by atoms with van der Waals surface area (Å²) < 4.78 is 8.87. The lowest BCUT2D eigenvalue weighted by Gasteiger charge is -2.22. The van der Waals surface area contributed by atoms with Crippen LogP contribution in [0.5, 0.6) is 0 Å². The Labute approximate surface area is 212 Å². The molecule has 6 rings (SSSR count). The summed E-state index contributed by atoms with van der Waals surface area (Å²) in [5, 5.41) is 12.3. The van der Waals surface area contributed by atoms with Gasteiger partial charge in [0, 0.05) is 28.5 Å². The number of nitrogens with zero attached hydrogens (tertiary/aromatic N) is 2. The van der Waals surface area contributed by atoms with Gasteiger partial charge in [0.1, 0.15) is 24.3 Å². The Hall–Kier alpha value is -3.90. The van der Waals surface area contributed by atoms with Crippen LogP contribution >= 0.6 is 0 Å². The predicted molar refractivity (Wildman–Crippen MR) is 146 cm³/mol. The van der Waals surface area contributed by atoms with E-state index in [0.717, 1.165) is 49.9 Å². The molecule has 0 bridgehead atoms. The molecule has 0 N–H and O–H groups in total. The molecule has 36 heavy (non-hydrogen) atoms. The summed E-state index contributed by atoms with van der Waals surface area (Å²) in [6, 6.07) is 24.1. The first-order chi connectivity index (χ1) is 17.6. The zero-order valence-corrected chi connectivity index (χ0v) is 21.3. The normalized spacial score (nSPS) is 14.4. The minimum atomic E-state index is 0.657. The van der Waals surface area contributed by atoms with Crippen LogP contribution in [0.15, 0.2) is 71.3 Å². The fraction of sp³-hybridized carbons (Fsp3) is 0.273. The third-order valence-corrected chi connectivity index (χ3v) is 8.04. The largest absolute Gasteiger partial charge is 0.454 e. The zero-order chi connectivity index (χ0) is 24.8. The van der Waals surface area contributed by atoms with E-state index in [2.05, 4.69) is 85.4 Å². The van der Waals surface area contributed by atoms with Gasteiger partial charge < -0.3 is 4.42 Å². The van der Waals surface area contributed by atoms with Gasteiger partial charge in [-0.15, -0.1) is 0 Å². The van der Waals surface area contributed by atoms with Crippen molar-refractivity contribution in [3.63, 3.8) is 0 Å². The summed E-state index contributed by atoms with van der Waals surface area (Å²) in [5.74, 6) is 0.657. The maximum atomic E-state index is 10.2. The van der Waals surface area contributed by atoms with Crippen molar-refractivity contribution < 1.29 is 8.98 Å². The lowest BCUT2D eigenvalue weighted by atomic mass is 9.83. The Morgan fingerprint density at radius 2 is 1.58 bits per heavy atom. The van der Waals surface area contributed by atoms with Crippen LogP contribution in [0, 0.1) is 25.2 Å². The van der Waals surface area contributed by atoms with Gasteiger partial charge in [-0.2, -0.15) is 5.26 Å². The molecule has 0 radical (unpaired) electrons. The van der Waals surface area contributed by atoms with E-state index >= 15 is 0 Å². The number of fused-ring (bicyclic) bond motifs is 3. The van der Waals surface area contributed by atoms with E-state index in [1.165, 1.54) is 43.2 Å². The number of aryl methyl sites for hydroxylation is 3. The lowest BCUT2D eigenvalue weighted by molar-refractivity contribution is -0.660. The summed E-state index contributed by atoms with van der Waals surface area (Å²) in [6.45, 7) is 4.16. The van der Waals surface area contributed by atoms with Crippen molar-refractivity contribution in [2.45, 2.75) is 51.9 Å². The van der Waals surface area contributed by atoms with Crippen molar-refractivity contribution in [3.05, 3.63) is 89.1 Å². The third-order valence-electron chi connectivity index (χ3n) is 8.04. The summed E-state index contributed by atoms with van der Waals surface area (Å²) in [5.41, 5.74) is 10.1. The summed E-state index contributed by atoms with van der Waals surface area (Å²) >= 11 is 0. The zero-order valence-electron chi connectivity index (χ0n) is 21.3. The van der Waals surface area contributed by atoms with Crippen molar-refractivity contribution in [2.75, 3.05) is 0 Å². The second kappa shape index (κ2) is 8.95. The average Bonchev–Trinajstić information content (AvgIpc) is 3.27. The monoisotopic (exact) mass is 471 g/mol. The molecule has 3 nitrogen and oxygen atoms in total. The van der Waals surface area contributed by atoms with E-state index in [-0.39, 0.29) is 0 Å². The predicted octanol–water partition coefficient (Wildman–Crippen LogP) is 8.28. The van der Waals surface area contributed by atoms with E-state index in [9.17, 15) is 5.26 Å². The Morgan fingerprint density at radius 1 is 0.833 bits per heavy atom. The smallest absolute Gasteiger partial charge is 0.216 e. The summed E-state index contributed by atoms with van der Waals surface area (Å²) in [7, 11) is 2.06. The highest BCUT2D eigenvalue weighted by atomic mass is 16.3. The standard InChI is InChI=1S/C33H31N2O/c1-21-12-17-26-27-19-22(2)28(20-34)31(25-15-13-24(14-16-25)23-9-5-4-6-10-23)33(27)36-32(26)30(21)29-11-7-8-18-35(29)3/h7-8,11-19,23H,4-6,9-10H2,1-3H3/q+1. The molecular formula is C33H31N2O+. The minimum absolute atomic E-state index is 0.657. The highest BCUT2D eigenvalue weighted by Crippen LogP contribution is 2.43. The molecule has 0 aliphatic heterocycles. The first-order valence-corrected chi connectivity index (χ1v) is 13.0. The van der Waals surface area contributed by atoms with E-state index in [1.807, 2.05) is 13.0 Å². The fourth-order valence-corrected chi connectivity index (χ4v) is 6.09. The van der Waals surface area contributed by atoms with Gasteiger partial charge in [-0.05, 0) is 67.0 Å². The summed E-state index contributed by atoms with van der Waals surface area (Å²) in [6.07, 6.45) is 8.62. The number of hydrogen-bond acceptors (Lipinski definition) is 2. The minimum Gasteiger partial charge on any atom is -0.454 e. The Bertz CT molecular complexity index is 1640. The molecule has 0 amide bonds. The van der Waals surface area contributed by atoms with Gasteiger partial charge >= 0.3 is 0 Å². The van der Waals surface area contributed by atoms with Gasteiger partial charge in [0.15, 0.2) is 6.20 Å². The van der Waals surface area contributed by atoms with Crippen LogP contribution in [0.25, 0.3) is 44.3 Å². The van der Waals surface area contributed by atoms with Crippen molar-refractivity contribution >= 4 is 21.9 Å². The molecule has 2 heterocycles. The quantitative estimate of drug-likeness (QED) is 0.248. The molecule has 5 aromatic rings. The topological polar surface area (TPSA) is 40.8 Å². The van der Waals surface area contributed by atoms with E-state index in [1.54, 1.807) is 0 Å². The van der Waals surface area contributed by atoms with E-state index in [0.29, 0.717) is 11.5 Å². The number of benzene rings is 3. The number of nitriles is 1. The molecule has 0 unspecified atom stereocenters. The Morgan fingerprint density at radius 3 is 2.31 bits per heavy atom. The molecule has 2 aromatic heterocycles. The highest BCUT2D eigenvalue weighted by molar-refractivity contribution is 6.14. The van der Waals surface area contributed by atoms with Crippen molar-refractivity contribution in [3.8, 4) is 28.5 Å². The van der Waals surface area contributed by atoms with Crippen molar-refractivity contribution in [2.24, 2.45) is 7.05 Å². The van der Waals surface area contributed by atoms with Crippen LogP contribution < -0.4 is 4.57 Å². The first kappa shape index (κ1) is 22.6. The van der Waals surface area contributed by atoms with Crippen molar-refractivity contribution in [1.29, 1.82) is 5.26 Å². The van der Waals surface area contributed by atoms with Gasteiger partial charge in [-0.3, -0.25) is 0 Å². The molecule has 1 fully saturated rings. The maximum absolute atomic E-state index is 10.2. The van der Waals surface area contributed by atoms with Crippen LogP contribution in [0.4, 0.5) is 0 Å². The number of pyridine rings is 1. The average molecular weight is 472 g/mol. The lowest BCUT2D eigenvalue weighted by Crippen LogP contribution is -2.30. The number of hydrogen-bond donors (Lipinski definition) is 0. The fourth-order valence-electron chi connectivity index (χ4n) is 6.09. The second-order valence-electron chi connectivity index (χ2n) is 10.3. The molecule has 0 atom stereocenters. The van der Waals surface area contributed by atoms with Crippen LogP contribution in [-0.2, 0) is 7.05 Å². The van der Waals surface area contributed by atoms with Crippen LogP contribution in [0.2, 0.25) is 0 Å². The van der Waals surface area contributed by atoms with E-state index < -0.39 is 0 Å². The molecule has 0 saturated heterocycles. The first-order valence-electron chi connectivity index (χ1n) is 13.0. The van der Waals surface area contributed by atoms with Gasteiger partial charge in [0.05, 0.1) is 11.1 Å². The second-order valence-corrected chi connectivity index (χ2v) is 10.3. The van der Waals surface area contributed by atoms with Crippen LogP contribution in [0.1, 0.15) is 60.3 Å². The van der Waals surface area contributed by atoms with Crippen molar-refractivity contribution in [1.82, 2.24) is 0 Å². The molecule has 1 aliphatic rings. The number of aromatic nitrogens is 1. The van der Waals surface area contributed by atoms with E-state index in [4.69, 9.17) is 4.42 Å². The summed E-state index contributed by atoms with van der Waals surface area (Å²) in [4.78, 5) is 0. The molecule has 178 valence electrons. The third kappa shape index (κ3) is 3.60. The Kier molecular flexibility index (Phi) is 5.61. The molecule has 3 heteroatoms.